The molecule has 0 fully saturated rings. The molecule has 4 rings (SSSR count). The summed E-state index contributed by atoms with van der Waals surface area (Å²) in [6.45, 7) is 2.57. The Balaban J connectivity index is 1.57. The van der Waals surface area contributed by atoms with E-state index in [-0.39, 0.29) is 11.9 Å². The second kappa shape index (κ2) is 7.87. The van der Waals surface area contributed by atoms with Crippen LogP contribution in [-0.4, -0.2) is 15.7 Å². The summed E-state index contributed by atoms with van der Waals surface area (Å²) in [5.41, 5.74) is 3.66. The quantitative estimate of drug-likeness (QED) is 0.508. The van der Waals surface area contributed by atoms with Gasteiger partial charge in [-0.15, -0.1) is 0 Å². The number of benzene rings is 3. The SMILES string of the molecule is C[C@H](NC(=O)c1ccc2cnn(Cc3cccc(Cl)c3)c2c1)c1ccccc1. The van der Waals surface area contributed by atoms with Crippen molar-refractivity contribution in [1.82, 2.24) is 15.1 Å². The first kappa shape index (κ1) is 18.3. The van der Waals surface area contributed by atoms with Crippen molar-refractivity contribution < 1.29 is 4.79 Å². The molecule has 0 aliphatic heterocycles. The summed E-state index contributed by atoms with van der Waals surface area (Å²) >= 11 is 6.09. The lowest BCUT2D eigenvalue weighted by Gasteiger charge is -2.14. The smallest absolute Gasteiger partial charge is 0.251 e. The van der Waals surface area contributed by atoms with Crippen molar-refractivity contribution >= 4 is 28.4 Å². The molecule has 140 valence electrons. The predicted octanol–water partition coefficient (Wildman–Crippen LogP) is 5.23. The Labute approximate surface area is 168 Å². The molecule has 4 nitrogen and oxygen atoms in total. The third-order valence-electron chi connectivity index (χ3n) is 4.78. The van der Waals surface area contributed by atoms with E-state index in [0.717, 1.165) is 22.0 Å². The summed E-state index contributed by atoms with van der Waals surface area (Å²) in [6.07, 6.45) is 1.81. The Morgan fingerprint density at radius 3 is 2.68 bits per heavy atom. The van der Waals surface area contributed by atoms with Gasteiger partial charge in [0, 0.05) is 16.0 Å². The van der Waals surface area contributed by atoms with E-state index in [1.807, 2.05) is 90.6 Å². The minimum Gasteiger partial charge on any atom is -0.346 e. The van der Waals surface area contributed by atoms with E-state index >= 15 is 0 Å². The molecule has 0 bridgehead atoms. The van der Waals surface area contributed by atoms with Crippen LogP contribution in [0.4, 0.5) is 0 Å². The number of carbonyl (C=O) groups is 1. The van der Waals surface area contributed by atoms with Crippen LogP contribution in [0.25, 0.3) is 10.9 Å². The molecule has 1 atom stereocenters. The first-order chi connectivity index (χ1) is 13.6. The molecule has 0 aliphatic rings. The van der Waals surface area contributed by atoms with Crippen molar-refractivity contribution in [3.05, 3.63) is 101 Å². The molecule has 1 amide bonds. The number of nitrogens with one attached hydrogen (secondary N) is 1. The second-order valence-corrected chi connectivity index (χ2v) is 7.25. The summed E-state index contributed by atoms with van der Waals surface area (Å²) in [6, 6.07) is 23.2. The second-order valence-electron chi connectivity index (χ2n) is 6.81. The van der Waals surface area contributed by atoms with E-state index in [2.05, 4.69) is 10.4 Å². The van der Waals surface area contributed by atoms with Crippen LogP contribution in [0.1, 0.15) is 34.5 Å². The molecule has 0 aliphatic carbocycles. The van der Waals surface area contributed by atoms with Crippen LogP contribution in [0.15, 0.2) is 79.0 Å². The van der Waals surface area contributed by atoms with Crippen molar-refractivity contribution in [3.63, 3.8) is 0 Å². The average molecular weight is 390 g/mol. The van der Waals surface area contributed by atoms with Gasteiger partial charge in [-0.3, -0.25) is 9.48 Å². The summed E-state index contributed by atoms with van der Waals surface area (Å²) in [7, 11) is 0. The van der Waals surface area contributed by atoms with Crippen molar-refractivity contribution in [2.45, 2.75) is 19.5 Å². The molecule has 1 N–H and O–H groups in total. The Hall–Kier alpha value is -3.11. The summed E-state index contributed by atoms with van der Waals surface area (Å²) < 4.78 is 1.89. The molecule has 0 unspecified atom stereocenters. The van der Waals surface area contributed by atoms with Crippen molar-refractivity contribution in [3.8, 4) is 0 Å². The molecule has 0 saturated heterocycles. The van der Waals surface area contributed by atoms with Gasteiger partial charge in [0.25, 0.3) is 5.91 Å². The minimum atomic E-state index is -0.103. The minimum absolute atomic E-state index is 0.0687. The zero-order valence-electron chi connectivity index (χ0n) is 15.5. The molecule has 0 radical (unpaired) electrons. The van der Waals surface area contributed by atoms with Crippen LogP contribution >= 0.6 is 11.6 Å². The third-order valence-corrected chi connectivity index (χ3v) is 5.01. The number of halogens is 1. The fourth-order valence-corrected chi connectivity index (χ4v) is 3.46. The zero-order chi connectivity index (χ0) is 19.5. The lowest BCUT2D eigenvalue weighted by molar-refractivity contribution is 0.0940. The van der Waals surface area contributed by atoms with Crippen molar-refractivity contribution in [1.29, 1.82) is 0 Å². The highest BCUT2D eigenvalue weighted by molar-refractivity contribution is 6.30. The number of rotatable bonds is 5. The monoisotopic (exact) mass is 389 g/mol. The predicted molar refractivity (Wildman–Crippen MR) is 113 cm³/mol. The van der Waals surface area contributed by atoms with Gasteiger partial charge in [-0.2, -0.15) is 5.10 Å². The summed E-state index contributed by atoms with van der Waals surface area (Å²) in [5.74, 6) is -0.103. The molecule has 5 heteroatoms. The van der Waals surface area contributed by atoms with Gasteiger partial charge in [-0.25, -0.2) is 0 Å². The maximum atomic E-state index is 12.8. The zero-order valence-corrected chi connectivity index (χ0v) is 16.2. The largest absolute Gasteiger partial charge is 0.346 e. The Morgan fingerprint density at radius 1 is 1.07 bits per heavy atom. The fraction of sp³-hybridized carbons (Fsp3) is 0.130. The molecule has 3 aromatic carbocycles. The number of fused-ring (bicyclic) bond motifs is 1. The summed E-state index contributed by atoms with van der Waals surface area (Å²) in [5, 5.41) is 9.22. The molecule has 4 aromatic rings. The fourth-order valence-electron chi connectivity index (χ4n) is 3.25. The van der Waals surface area contributed by atoms with Gasteiger partial charge in [-0.1, -0.05) is 60.1 Å². The van der Waals surface area contributed by atoms with Crippen LogP contribution in [0.5, 0.6) is 0 Å². The maximum Gasteiger partial charge on any atom is 0.251 e. The molecule has 0 spiro atoms. The van der Waals surface area contributed by atoms with E-state index in [0.29, 0.717) is 17.1 Å². The first-order valence-corrected chi connectivity index (χ1v) is 9.54. The lowest BCUT2D eigenvalue weighted by Crippen LogP contribution is -2.26. The first-order valence-electron chi connectivity index (χ1n) is 9.16. The van der Waals surface area contributed by atoms with Gasteiger partial charge in [0.05, 0.1) is 24.3 Å². The third kappa shape index (κ3) is 3.92. The van der Waals surface area contributed by atoms with Gasteiger partial charge >= 0.3 is 0 Å². The van der Waals surface area contributed by atoms with E-state index < -0.39 is 0 Å². The molecule has 28 heavy (non-hydrogen) atoms. The van der Waals surface area contributed by atoms with Crippen molar-refractivity contribution in [2.75, 3.05) is 0 Å². The molecule has 0 saturated carbocycles. The number of hydrogen-bond acceptors (Lipinski definition) is 2. The Morgan fingerprint density at radius 2 is 1.89 bits per heavy atom. The molecular weight excluding hydrogens is 370 g/mol. The van der Waals surface area contributed by atoms with Gasteiger partial charge in [-0.05, 0) is 42.3 Å². The van der Waals surface area contributed by atoms with Gasteiger partial charge in [0.1, 0.15) is 0 Å². The van der Waals surface area contributed by atoms with E-state index in [1.165, 1.54) is 0 Å². The average Bonchev–Trinajstić information content (AvgIpc) is 3.10. The van der Waals surface area contributed by atoms with Gasteiger partial charge in [0.15, 0.2) is 0 Å². The van der Waals surface area contributed by atoms with E-state index in [4.69, 9.17) is 11.6 Å². The highest BCUT2D eigenvalue weighted by Crippen LogP contribution is 2.19. The van der Waals surface area contributed by atoms with Crippen molar-refractivity contribution in [2.24, 2.45) is 0 Å². The van der Waals surface area contributed by atoms with E-state index in [1.54, 1.807) is 0 Å². The summed E-state index contributed by atoms with van der Waals surface area (Å²) in [4.78, 5) is 12.8. The maximum absolute atomic E-state index is 12.8. The Kier molecular flexibility index (Phi) is 5.13. The lowest BCUT2D eigenvalue weighted by atomic mass is 10.1. The number of amides is 1. The molecule has 1 heterocycles. The van der Waals surface area contributed by atoms with Crippen LogP contribution < -0.4 is 5.32 Å². The van der Waals surface area contributed by atoms with Crippen LogP contribution in [0.3, 0.4) is 0 Å². The van der Waals surface area contributed by atoms with Crippen LogP contribution in [0, 0.1) is 0 Å². The number of hydrogen-bond donors (Lipinski definition) is 1. The highest BCUT2D eigenvalue weighted by Gasteiger charge is 2.13. The number of carbonyl (C=O) groups excluding carboxylic acids is 1. The van der Waals surface area contributed by atoms with Gasteiger partial charge < -0.3 is 5.32 Å². The topological polar surface area (TPSA) is 46.9 Å². The van der Waals surface area contributed by atoms with Crippen LogP contribution in [-0.2, 0) is 6.54 Å². The van der Waals surface area contributed by atoms with Gasteiger partial charge in [0.2, 0.25) is 0 Å². The van der Waals surface area contributed by atoms with E-state index in [9.17, 15) is 4.79 Å². The number of aromatic nitrogens is 2. The number of nitrogens with zero attached hydrogens (tertiary/aromatic N) is 2. The molecular formula is C23H20ClN3O. The van der Waals surface area contributed by atoms with Crippen LogP contribution in [0.2, 0.25) is 5.02 Å². The Bertz CT molecular complexity index is 1120. The normalized spacial score (nSPS) is 12.1. The molecule has 1 aromatic heterocycles. The standard InChI is InChI=1S/C23H20ClN3O/c1-16(18-7-3-2-4-8-18)26-23(28)19-10-11-20-14-25-27(22(20)13-19)15-17-6-5-9-21(24)12-17/h2-14,16H,15H2,1H3,(H,26,28)/t16-/m0/s1. The highest BCUT2D eigenvalue weighted by atomic mass is 35.5.